The van der Waals surface area contributed by atoms with Crippen LogP contribution in [0, 0.1) is 12.7 Å². The van der Waals surface area contributed by atoms with Crippen LogP contribution in [0.3, 0.4) is 0 Å². The first-order valence-corrected chi connectivity index (χ1v) is 11.1. The van der Waals surface area contributed by atoms with Gasteiger partial charge in [-0.1, -0.05) is 0 Å². The van der Waals surface area contributed by atoms with Gasteiger partial charge in [-0.15, -0.1) is 0 Å². The molecule has 8 nitrogen and oxygen atoms in total. The number of halogens is 1. The van der Waals surface area contributed by atoms with E-state index in [1.165, 1.54) is 18.3 Å². The minimum atomic E-state index is -1.08. The smallest absolute Gasteiger partial charge is 0.337 e. The average molecular weight is 473 g/mol. The van der Waals surface area contributed by atoms with Gasteiger partial charge in [-0.2, -0.15) is 21.4 Å². The van der Waals surface area contributed by atoms with Crippen molar-refractivity contribution in [2.45, 2.75) is 6.92 Å². The van der Waals surface area contributed by atoms with Crippen LogP contribution in [0.1, 0.15) is 15.9 Å². The first kappa shape index (κ1) is 21.4. The lowest BCUT2D eigenvalue weighted by Gasteiger charge is -2.12. The van der Waals surface area contributed by atoms with Crippen LogP contribution in [0.5, 0.6) is 0 Å². The number of carboxylic acids is 1. The number of benzene rings is 1. The summed E-state index contributed by atoms with van der Waals surface area (Å²) in [5.41, 5.74) is 4.01. The highest BCUT2D eigenvalue weighted by atomic mass is 32.1. The predicted octanol–water partition coefficient (Wildman–Crippen LogP) is 5.34. The Kier molecular flexibility index (Phi) is 5.56. The molecule has 1 aromatic carbocycles. The van der Waals surface area contributed by atoms with E-state index < -0.39 is 5.97 Å². The van der Waals surface area contributed by atoms with E-state index in [0.717, 1.165) is 11.3 Å². The summed E-state index contributed by atoms with van der Waals surface area (Å²) in [6.07, 6.45) is 6.19. The van der Waals surface area contributed by atoms with Crippen molar-refractivity contribution in [3.63, 3.8) is 0 Å². The zero-order valence-corrected chi connectivity index (χ0v) is 18.6. The molecule has 0 aliphatic heterocycles. The van der Waals surface area contributed by atoms with Crippen molar-refractivity contribution in [1.29, 1.82) is 0 Å². The zero-order chi connectivity index (χ0) is 23.7. The number of carbonyl (C=O) groups is 1. The lowest BCUT2D eigenvalue weighted by molar-refractivity contribution is 0.0696. The number of anilines is 2. The number of nitrogens with one attached hydrogen (secondary N) is 1. The van der Waals surface area contributed by atoms with Gasteiger partial charge in [0, 0.05) is 52.5 Å². The number of aromatic carboxylic acids is 1. The van der Waals surface area contributed by atoms with Crippen LogP contribution >= 0.6 is 11.3 Å². The lowest BCUT2D eigenvalue weighted by atomic mass is 10.1. The molecule has 34 heavy (non-hydrogen) atoms. The predicted molar refractivity (Wildman–Crippen MR) is 127 cm³/mol. The van der Waals surface area contributed by atoms with E-state index >= 15 is 0 Å². The molecule has 10 heteroatoms. The van der Waals surface area contributed by atoms with E-state index in [0.29, 0.717) is 28.2 Å². The van der Waals surface area contributed by atoms with E-state index in [2.05, 4.69) is 25.4 Å². The molecule has 0 atom stereocenters. The standard InChI is InChI=1S/C24H17FN6O2S/c1-14-8-18(2-3-20(14)25)28-24-27-12-19(16-9-17(23(32)33)11-26-10-16)22(29-24)31-6-4-21(30-31)15-5-7-34-13-15/h2-13H,1H3,(H,32,33)(H,27,28,29). The Labute approximate surface area is 197 Å². The molecule has 5 aromatic rings. The third-order valence-corrected chi connectivity index (χ3v) is 5.79. The monoisotopic (exact) mass is 472 g/mol. The Hall–Kier alpha value is -4.44. The highest BCUT2D eigenvalue weighted by Crippen LogP contribution is 2.28. The van der Waals surface area contributed by atoms with Crippen molar-refractivity contribution in [2.75, 3.05) is 5.32 Å². The van der Waals surface area contributed by atoms with E-state index in [4.69, 9.17) is 0 Å². The summed E-state index contributed by atoms with van der Waals surface area (Å²) in [6.45, 7) is 1.67. The maximum atomic E-state index is 13.7. The molecule has 0 saturated heterocycles. The number of rotatable bonds is 6. The van der Waals surface area contributed by atoms with Gasteiger partial charge in [-0.25, -0.2) is 18.9 Å². The number of pyridine rings is 1. The topological polar surface area (TPSA) is 106 Å². The van der Waals surface area contributed by atoms with Crippen molar-refractivity contribution in [1.82, 2.24) is 24.7 Å². The quantitative estimate of drug-likeness (QED) is 0.343. The number of hydrogen-bond donors (Lipinski definition) is 2. The largest absolute Gasteiger partial charge is 0.478 e. The molecule has 0 saturated carbocycles. The molecule has 0 unspecified atom stereocenters. The van der Waals surface area contributed by atoms with Crippen LogP contribution in [-0.2, 0) is 0 Å². The second kappa shape index (κ2) is 8.83. The van der Waals surface area contributed by atoms with Crippen LogP contribution in [0.2, 0.25) is 0 Å². The normalized spacial score (nSPS) is 10.9. The summed E-state index contributed by atoms with van der Waals surface area (Å²) in [5.74, 6) is -0.673. The third kappa shape index (κ3) is 4.26. The highest BCUT2D eigenvalue weighted by molar-refractivity contribution is 7.08. The van der Waals surface area contributed by atoms with Gasteiger partial charge in [0.05, 0.1) is 11.3 Å². The number of hydrogen-bond acceptors (Lipinski definition) is 7. The molecule has 0 aliphatic rings. The molecular weight excluding hydrogens is 455 g/mol. The van der Waals surface area contributed by atoms with Gasteiger partial charge in [-0.3, -0.25) is 4.98 Å². The van der Waals surface area contributed by atoms with E-state index in [-0.39, 0.29) is 17.3 Å². The molecule has 0 aliphatic carbocycles. The molecule has 4 aromatic heterocycles. The van der Waals surface area contributed by atoms with Crippen molar-refractivity contribution in [3.05, 3.63) is 88.9 Å². The third-order valence-electron chi connectivity index (χ3n) is 5.10. The molecule has 5 rings (SSSR count). The fourth-order valence-electron chi connectivity index (χ4n) is 3.37. The van der Waals surface area contributed by atoms with Crippen molar-refractivity contribution in [2.24, 2.45) is 0 Å². The zero-order valence-electron chi connectivity index (χ0n) is 17.8. The fraction of sp³-hybridized carbons (Fsp3) is 0.0417. The Bertz CT molecular complexity index is 1500. The molecule has 0 fully saturated rings. The molecule has 2 N–H and O–H groups in total. The summed E-state index contributed by atoms with van der Waals surface area (Å²) >= 11 is 1.57. The Morgan fingerprint density at radius 1 is 1.12 bits per heavy atom. The van der Waals surface area contributed by atoms with Crippen LogP contribution in [-0.4, -0.2) is 35.8 Å². The van der Waals surface area contributed by atoms with Gasteiger partial charge in [0.1, 0.15) is 5.82 Å². The minimum Gasteiger partial charge on any atom is -0.478 e. The maximum Gasteiger partial charge on any atom is 0.337 e. The van der Waals surface area contributed by atoms with Crippen LogP contribution in [0.25, 0.3) is 28.2 Å². The number of thiophene rings is 1. The number of aryl methyl sites for hydroxylation is 1. The average Bonchev–Trinajstić information content (AvgIpc) is 3.54. The summed E-state index contributed by atoms with van der Waals surface area (Å²) < 4.78 is 15.3. The Morgan fingerprint density at radius 3 is 2.76 bits per heavy atom. The lowest BCUT2D eigenvalue weighted by Crippen LogP contribution is -2.07. The molecule has 4 heterocycles. The maximum absolute atomic E-state index is 13.7. The van der Waals surface area contributed by atoms with Gasteiger partial charge in [0.2, 0.25) is 5.95 Å². The van der Waals surface area contributed by atoms with E-state index in [9.17, 15) is 14.3 Å². The summed E-state index contributed by atoms with van der Waals surface area (Å²) in [5, 5.41) is 21.1. The molecule has 0 radical (unpaired) electrons. The van der Waals surface area contributed by atoms with Crippen molar-refractivity contribution < 1.29 is 14.3 Å². The molecule has 0 amide bonds. The van der Waals surface area contributed by atoms with Gasteiger partial charge in [0.25, 0.3) is 0 Å². The number of aromatic nitrogens is 5. The minimum absolute atomic E-state index is 0.0480. The van der Waals surface area contributed by atoms with Crippen LogP contribution in [0.4, 0.5) is 16.0 Å². The van der Waals surface area contributed by atoms with Gasteiger partial charge in [0.15, 0.2) is 5.82 Å². The van der Waals surface area contributed by atoms with Crippen LogP contribution < -0.4 is 5.32 Å². The van der Waals surface area contributed by atoms with Crippen LogP contribution in [0.15, 0.2) is 71.9 Å². The molecule has 168 valence electrons. The highest BCUT2D eigenvalue weighted by Gasteiger charge is 2.16. The second-order valence-electron chi connectivity index (χ2n) is 7.44. The van der Waals surface area contributed by atoms with E-state index in [1.54, 1.807) is 53.7 Å². The number of nitrogens with zero attached hydrogens (tertiary/aromatic N) is 5. The fourth-order valence-corrected chi connectivity index (χ4v) is 4.02. The summed E-state index contributed by atoms with van der Waals surface area (Å²) in [4.78, 5) is 24.6. The second-order valence-corrected chi connectivity index (χ2v) is 8.22. The summed E-state index contributed by atoms with van der Waals surface area (Å²) in [6, 6.07) is 9.99. The molecular formula is C24H17FN6O2S. The van der Waals surface area contributed by atoms with Crippen molar-refractivity contribution >= 4 is 28.9 Å². The molecule has 0 bridgehead atoms. The van der Waals surface area contributed by atoms with Crippen molar-refractivity contribution in [3.8, 4) is 28.2 Å². The SMILES string of the molecule is Cc1cc(Nc2ncc(-c3cncc(C(=O)O)c3)c(-n3ccc(-c4ccsc4)n3)n2)ccc1F. The molecule has 0 spiro atoms. The van der Waals surface area contributed by atoms with Gasteiger partial charge >= 0.3 is 5.97 Å². The summed E-state index contributed by atoms with van der Waals surface area (Å²) in [7, 11) is 0. The first-order valence-electron chi connectivity index (χ1n) is 10.2. The Balaban J connectivity index is 1.60. The Morgan fingerprint density at radius 2 is 2.00 bits per heavy atom. The van der Waals surface area contributed by atoms with Gasteiger partial charge < -0.3 is 10.4 Å². The van der Waals surface area contributed by atoms with Gasteiger partial charge in [-0.05, 0) is 54.3 Å². The first-order chi connectivity index (χ1) is 16.5. The van der Waals surface area contributed by atoms with E-state index in [1.807, 2.05) is 22.9 Å². The number of carboxylic acid groups (broad SMARTS) is 1.